The van der Waals surface area contributed by atoms with Gasteiger partial charge in [-0.25, -0.2) is 0 Å². The first-order chi connectivity index (χ1) is 8.04. The molecule has 0 aromatic rings. The van der Waals surface area contributed by atoms with Gasteiger partial charge in [0.1, 0.15) is 0 Å². The Morgan fingerprint density at radius 3 is 2.94 bits per heavy atom. The van der Waals surface area contributed by atoms with E-state index in [1.165, 1.54) is 0 Å². The Morgan fingerprint density at radius 1 is 1.65 bits per heavy atom. The van der Waals surface area contributed by atoms with Crippen molar-refractivity contribution in [3.05, 3.63) is 0 Å². The van der Waals surface area contributed by atoms with Crippen LogP contribution in [0.3, 0.4) is 0 Å². The van der Waals surface area contributed by atoms with Crippen LogP contribution in [0.2, 0.25) is 0 Å². The van der Waals surface area contributed by atoms with E-state index in [0.29, 0.717) is 29.4 Å². The molecule has 1 rings (SSSR count). The highest BCUT2D eigenvalue weighted by Crippen LogP contribution is 2.24. The van der Waals surface area contributed by atoms with Crippen molar-refractivity contribution in [1.29, 1.82) is 0 Å². The molecule has 0 aromatic carbocycles. The van der Waals surface area contributed by atoms with Crippen molar-refractivity contribution in [2.75, 3.05) is 18.9 Å². The first kappa shape index (κ1) is 14.8. The second kappa shape index (κ2) is 7.21. The molecule has 0 aromatic heterocycles. The minimum absolute atomic E-state index is 0.284. The molecule has 1 saturated heterocycles. The predicted molar refractivity (Wildman–Crippen MR) is 76.3 cm³/mol. The van der Waals surface area contributed by atoms with Crippen molar-refractivity contribution in [2.24, 2.45) is 5.92 Å². The van der Waals surface area contributed by atoms with Crippen LogP contribution in [0, 0.1) is 5.92 Å². The van der Waals surface area contributed by atoms with E-state index in [0.717, 1.165) is 18.7 Å². The van der Waals surface area contributed by atoms with Gasteiger partial charge >= 0.3 is 0 Å². The Kier molecular flexibility index (Phi) is 6.27. The summed E-state index contributed by atoms with van der Waals surface area (Å²) in [6.07, 6.45) is 1.63. The monoisotopic (exact) mass is 275 g/mol. The number of thioether (sulfide) groups is 1. The topological polar surface area (TPSA) is 29.5 Å². The largest absolute Gasteiger partial charge is 0.479 e. The summed E-state index contributed by atoms with van der Waals surface area (Å²) >= 11 is 6.63. The highest BCUT2D eigenvalue weighted by molar-refractivity contribution is 8.22. The average Bonchev–Trinajstić information content (AvgIpc) is 2.58. The predicted octanol–water partition coefficient (Wildman–Crippen LogP) is 2.69. The molecule has 1 aliphatic heterocycles. The summed E-state index contributed by atoms with van der Waals surface area (Å²) in [5, 5.41) is 0. The zero-order chi connectivity index (χ0) is 12.8. The summed E-state index contributed by atoms with van der Waals surface area (Å²) in [5.74, 6) is 1.66. The van der Waals surface area contributed by atoms with Crippen LogP contribution in [0.25, 0.3) is 0 Å². The molecular formula is C12H21NO2S2. The van der Waals surface area contributed by atoms with Gasteiger partial charge in [-0.3, -0.25) is 4.79 Å². The van der Waals surface area contributed by atoms with Crippen LogP contribution < -0.4 is 0 Å². The van der Waals surface area contributed by atoms with E-state index >= 15 is 0 Å². The molecule has 1 heterocycles. The van der Waals surface area contributed by atoms with E-state index in [9.17, 15) is 4.79 Å². The molecule has 0 N–H and O–H groups in total. The zero-order valence-electron chi connectivity index (χ0n) is 10.8. The third-order valence-corrected chi connectivity index (χ3v) is 4.05. The minimum Gasteiger partial charge on any atom is -0.479 e. The van der Waals surface area contributed by atoms with Crippen LogP contribution in [0.5, 0.6) is 0 Å². The molecule has 17 heavy (non-hydrogen) atoms. The van der Waals surface area contributed by atoms with E-state index < -0.39 is 0 Å². The zero-order valence-corrected chi connectivity index (χ0v) is 12.4. The second-order valence-corrected chi connectivity index (χ2v) is 6.25. The number of thiocarbonyl (C=S) groups is 1. The SMILES string of the molecule is CCOC(=S)SCC1CCC(=O)N1CC(C)C. The van der Waals surface area contributed by atoms with Gasteiger partial charge in [-0.2, -0.15) is 0 Å². The van der Waals surface area contributed by atoms with Crippen LogP contribution in [0.15, 0.2) is 0 Å². The van der Waals surface area contributed by atoms with Crippen molar-refractivity contribution in [1.82, 2.24) is 4.90 Å². The second-order valence-electron chi connectivity index (χ2n) is 4.63. The Morgan fingerprint density at radius 2 is 2.35 bits per heavy atom. The van der Waals surface area contributed by atoms with Gasteiger partial charge in [-0.1, -0.05) is 25.6 Å². The maximum absolute atomic E-state index is 11.7. The molecule has 1 unspecified atom stereocenters. The number of rotatable bonds is 5. The van der Waals surface area contributed by atoms with E-state index in [1.54, 1.807) is 11.8 Å². The molecule has 98 valence electrons. The molecule has 1 fully saturated rings. The van der Waals surface area contributed by atoms with Gasteiger partial charge in [0.15, 0.2) is 0 Å². The highest BCUT2D eigenvalue weighted by Gasteiger charge is 2.31. The molecule has 5 heteroatoms. The van der Waals surface area contributed by atoms with Crippen molar-refractivity contribution >= 4 is 34.3 Å². The van der Waals surface area contributed by atoms with Crippen molar-refractivity contribution in [2.45, 2.75) is 39.7 Å². The van der Waals surface area contributed by atoms with E-state index in [-0.39, 0.29) is 5.91 Å². The average molecular weight is 275 g/mol. The maximum Gasteiger partial charge on any atom is 0.222 e. The third kappa shape index (κ3) is 4.84. The summed E-state index contributed by atoms with van der Waals surface area (Å²) in [5.41, 5.74) is 0. The fourth-order valence-corrected chi connectivity index (χ4v) is 3.13. The lowest BCUT2D eigenvalue weighted by atomic mass is 10.2. The van der Waals surface area contributed by atoms with Crippen molar-refractivity contribution in [3.8, 4) is 0 Å². The van der Waals surface area contributed by atoms with E-state index in [2.05, 4.69) is 13.8 Å². The number of hydrogen-bond donors (Lipinski definition) is 0. The lowest BCUT2D eigenvalue weighted by molar-refractivity contribution is -0.129. The maximum atomic E-state index is 11.7. The summed E-state index contributed by atoms with van der Waals surface area (Å²) in [6.45, 7) is 7.68. The molecule has 1 amide bonds. The van der Waals surface area contributed by atoms with Crippen LogP contribution in [-0.2, 0) is 9.53 Å². The molecule has 3 nitrogen and oxygen atoms in total. The minimum atomic E-state index is 0.284. The van der Waals surface area contributed by atoms with Gasteiger partial charge < -0.3 is 9.64 Å². The van der Waals surface area contributed by atoms with Gasteiger partial charge in [0, 0.05) is 24.8 Å². The molecule has 0 spiro atoms. The smallest absolute Gasteiger partial charge is 0.222 e. The quantitative estimate of drug-likeness (QED) is 0.722. The Balaban J connectivity index is 2.41. The van der Waals surface area contributed by atoms with Crippen molar-refractivity contribution < 1.29 is 9.53 Å². The fraction of sp³-hybridized carbons (Fsp3) is 0.833. The van der Waals surface area contributed by atoms with Crippen LogP contribution in [0.1, 0.15) is 33.6 Å². The normalized spacial score (nSPS) is 20.1. The van der Waals surface area contributed by atoms with Crippen LogP contribution in [0.4, 0.5) is 0 Å². The Bertz CT molecular complexity index is 282. The van der Waals surface area contributed by atoms with Gasteiger partial charge in [0.25, 0.3) is 0 Å². The van der Waals surface area contributed by atoms with Gasteiger partial charge in [0.2, 0.25) is 10.3 Å². The number of amides is 1. The summed E-state index contributed by atoms with van der Waals surface area (Å²) in [4.78, 5) is 13.7. The number of carbonyl (C=O) groups is 1. The summed E-state index contributed by atoms with van der Waals surface area (Å²) in [7, 11) is 0. The summed E-state index contributed by atoms with van der Waals surface area (Å²) in [6, 6.07) is 0.327. The number of carbonyl (C=O) groups excluding carboxylic acids is 1. The molecule has 0 radical (unpaired) electrons. The van der Waals surface area contributed by atoms with Gasteiger partial charge in [-0.15, -0.1) is 0 Å². The Labute approximate surface area is 113 Å². The lowest BCUT2D eigenvalue weighted by Crippen LogP contribution is -2.37. The van der Waals surface area contributed by atoms with Crippen LogP contribution in [-0.4, -0.2) is 40.1 Å². The molecule has 0 bridgehead atoms. The molecule has 1 atom stereocenters. The number of hydrogen-bond acceptors (Lipinski definition) is 4. The first-order valence-electron chi connectivity index (χ1n) is 6.13. The highest BCUT2D eigenvalue weighted by atomic mass is 32.2. The number of nitrogens with zero attached hydrogens (tertiary/aromatic N) is 1. The van der Waals surface area contributed by atoms with E-state index in [4.69, 9.17) is 17.0 Å². The van der Waals surface area contributed by atoms with Gasteiger partial charge in [0.05, 0.1) is 6.61 Å². The number of ether oxygens (including phenoxy) is 1. The first-order valence-corrected chi connectivity index (χ1v) is 7.53. The summed E-state index contributed by atoms with van der Waals surface area (Å²) < 4.78 is 5.83. The molecule has 0 saturated carbocycles. The molecule has 0 aliphatic carbocycles. The fourth-order valence-electron chi connectivity index (χ4n) is 1.93. The molecule has 1 aliphatic rings. The number of likely N-dealkylation sites (tertiary alicyclic amines) is 1. The standard InChI is InChI=1S/C12H21NO2S2/c1-4-15-12(16)17-8-10-5-6-11(14)13(10)7-9(2)3/h9-10H,4-8H2,1-3H3. The van der Waals surface area contributed by atoms with Crippen molar-refractivity contribution in [3.63, 3.8) is 0 Å². The Hall–Kier alpha value is -0.290. The lowest BCUT2D eigenvalue weighted by Gasteiger charge is -2.26. The van der Waals surface area contributed by atoms with Crippen LogP contribution >= 0.6 is 24.0 Å². The van der Waals surface area contributed by atoms with Gasteiger partial charge in [-0.05, 0) is 31.5 Å². The third-order valence-electron chi connectivity index (χ3n) is 2.67. The van der Waals surface area contributed by atoms with E-state index in [1.807, 2.05) is 11.8 Å². The molecular weight excluding hydrogens is 254 g/mol.